The van der Waals surface area contributed by atoms with Gasteiger partial charge >= 0.3 is 11.9 Å². The first-order valence-electron chi connectivity index (χ1n) is 7.97. The van der Waals surface area contributed by atoms with E-state index in [0.717, 1.165) is 0 Å². The van der Waals surface area contributed by atoms with Gasteiger partial charge < -0.3 is 14.8 Å². The van der Waals surface area contributed by atoms with E-state index in [1.807, 2.05) is 19.9 Å². The summed E-state index contributed by atoms with van der Waals surface area (Å²) in [5, 5.41) is 11.7. The van der Waals surface area contributed by atoms with E-state index < -0.39 is 30.0 Å². The van der Waals surface area contributed by atoms with Crippen LogP contribution >= 0.6 is 0 Å². The van der Waals surface area contributed by atoms with Crippen LogP contribution in [0.5, 0.6) is 0 Å². The topological polar surface area (TPSA) is 105 Å². The largest absolute Gasteiger partial charge is 0.465 e. The van der Waals surface area contributed by atoms with E-state index >= 15 is 0 Å². The number of carbonyl (C=O) groups is 3. The highest BCUT2D eigenvalue weighted by Crippen LogP contribution is 2.14. The zero-order valence-corrected chi connectivity index (χ0v) is 15.2. The minimum absolute atomic E-state index is 0.0972. The lowest BCUT2D eigenvalue weighted by Crippen LogP contribution is -2.50. The van der Waals surface area contributed by atoms with Crippen LogP contribution in [0.4, 0.5) is 0 Å². The van der Waals surface area contributed by atoms with Gasteiger partial charge in [0.2, 0.25) is 0 Å². The molecule has 0 unspecified atom stereocenters. The summed E-state index contributed by atoms with van der Waals surface area (Å²) in [6.07, 6.45) is 2.67. The number of esters is 2. The van der Waals surface area contributed by atoms with Crippen molar-refractivity contribution in [3.63, 3.8) is 0 Å². The molecule has 1 rings (SSSR count). The third kappa shape index (κ3) is 6.06. The van der Waals surface area contributed by atoms with E-state index in [1.165, 1.54) is 19.3 Å². The maximum Gasteiger partial charge on any atom is 0.337 e. The number of rotatable bonds is 7. The third-order valence-corrected chi connectivity index (χ3v) is 3.88. The second-order valence-corrected chi connectivity index (χ2v) is 6.07. The summed E-state index contributed by atoms with van der Waals surface area (Å²) in [5.74, 6) is -1.79. The van der Waals surface area contributed by atoms with Gasteiger partial charge in [0.15, 0.2) is 6.61 Å². The Morgan fingerprint density at radius 1 is 1.27 bits per heavy atom. The van der Waals surface area contributed by atoms with Gasteiger partial charge in [-0.3, -0.25) is 4.79 Å². The quantitative estimate of drug-likeness (QED) is 0.591. The minimum Gasteiger partial charge on any atom is -0.465 e. The van der Waals surface area contributed by atoms with Crippen molar-refractivity contribution in [3.05, 3.63) is 41.5 Å². The average Bonchev–Trinajstić information content (AvgIpc) is 2.64. The Kier molecular flexibility index (Phi) is 7.53. The van der Waals surface area contributed by atoms with E-state index in [2.05, 4.69) is 10.1 Å². The van der Waals surface area contributed by atoms with E-state index in [-0.39, 0.29) is 5.92 Å². The standard InChI is InChI=1S/C19H22N2O5/c1-13(2)19(3,12-20)21-16(22)11-26-17(23)10-7-14-5-8-15(9-6-14)18(24)25-4/h5-10,13H,11H2,1-4H3,(H,21,22)/b10-7+/t19-/m0/s1. The maximum absolute atomic E-state index is 11.8. The Bertz CT molecular complexity index is 731. The molecule has 1 N–H and O–H groups in total. The molecule has 7 heteroatoms. The average molecular weight is 358 g/mol. The maximum atomic E-state index is 11.8. The van der Waals surface area contributed by atoms with Crippen molar-refractivity contribution in [2.75, 3.05) is 13.7 Å². The van der Waals surface area contributed by atoms with Gasteiger partial charge in [-0.1, -0.05) is 26.0 Å². The number of benzene rings is 1. The Morgan fingerprint density at radius 2 is 1.88 bits per heavy atom. The molecule has 26 heavy (non-hydrogen) atoms. The summed E-state index contributed by atoms with van der Waals surface area (Å²) in [6, 6.07) is 8.46. The fourth-order valence-corrected chi connectivity index (χ4v) is 1.82. The first-order chi connectivity index (χ1) is 12.2. The van der Waals surface area contributed by atoms with Crippen LogP contribution in [-0.2, 0) is 19.1 Å². The fourth-order valence-electron chi connectivity index (χ4n) is 1.82. The van der Waals surface area contributed by atoms with Gasteiger partial charge in [-0.2, -0.15) is 5.26 Å². The molecule has 0 aliphatic rings. The van der Waals surface area contributed by atoms with Gasteiger partial charge in [0.1, 0.15) is 5.54 Å². The minimum atomic E-state index is -1.03. The van der Waals surface area contributed by atoms with Crippen molar-refractivity contribution >= 4 is 23.9 Å². The molecule has 0 heterocycles. The molecule has 1 aromatic rings. The second kappa shape index (κ2) is 9.37. The highest BCUT2D eigenvalue weighted by atomic mass is 16.5. The van der Waals surface area contributed by atoms with Crippen LogP contribution in [-0.4, -0.2) is 37.1 Å². The molecule has 0 aliphatic heterocycles. The lowest BCUT2D eigenvalue weighted by atomic mass is 9.90. The molecular formula is C19H22N2O5. The van der Waals surface area contributed by atoms with Gasteiger partial charge in [-0.05, 0) is 36.6 Å². The molecule has 1 aromatic carbocycles. The molecule has 0 radical (unpaired) electrons. The number of nitrogens with zero attached hydrogens (tertiary/aromatic N) is 1. The Balaban J connectivity index is 2.54. The molecule has 7 nitrogen and oxygen atoms in total. The molecule has 0 saturated carbocycles. The molecule has 138 valence electrons. The number of hydrogen-bond donors (Lipinski definition) is 1. The molecule has 0 saturated heterocycles. The molecule has 0 fully saturated rings. The van der Waals surface area contributed by atoms with E-state index in [1.54, 1.807) is 31.2 Å². The Morgan fingerprint density at radius 3 is 2.38 bits per heavy atom. The molecule has 0 spiro atoms. The summed E-state index contributed by atoms with van der Waals surface area (Å²) in [6.45, 7) is 4.75. The van der Waals surface area contributed by atoms with Crippen LogP contribution in [0.2, 0.25) is 0 Å². The monoisotopic (exact) mass is 358 g/mol. The molecule has 1 amide bonds. The summed E-state index contributed by atoms with van der Waals surface area (Å²) >= 11 is 0. The van der Waals surface area contributed by atoms with Crippen molar-refractivity contribution in [3.8, 4) is 6.07 Å². The summed E-state index contributed by atoms with van der Waals surface area (Å²) < 4.78 is 9.45. The van der Waals surface area contributed by atoms with Crippen LogP contribution < -0.4 is 5.32 Å². The molecule has 0 bridgehead atoms. The highest BCUT2D eigenvalue weighted by molar-refractivity contribution is 5.91. The highest BCUT2D eigenvalue weighted by Gasteiger charge is 2.30. The lowest BCUT2D eigenvalue weighted by Gasteiger charge is -2.27. The Hall–Kier alpha value is -3.14. The first kappa shape index (κ1) is 20.9. The van der Waals surface area contributed by atoms with Crippen molar-refractivity contribution in [1.29, 1.82) is 5.26 Å². The number of hydrogen-bond acceptors (Lipinski definition) is 6. The number of amides is 1. The number of carbonyl (C=O) groups excluding carboxylic acids is 3. The first-order valence-corrected chi connectivity index (χ1v) is 7.97. The fraction of sp³-hybridized carbons (Fsp3) is 0.368. The van der Waals surface area contributed by atoms with E-state index in [0.29, 0.717) is 11.1 Å². The summed E-state index contributed by atoms with van der Waals surface area (Å²) in [7, 11) is 1.29. The molecule has 0 aromatic heterocycles. The zero-order chi connectivity index (χ0) is 19.7. The van der Waals surface area contributed by atoms with Crippen molar-refractivity contribution in [2.45, 2.75) is 26.3 Å². The van der Waals surface area contributed by atoms with Crippen LogP contribution in [0.15, 0.2) is 30.3 Å². The van der Waals surface area contributed by atoms with Gasteiger partial charge in [0.25, 0.3) is 5.91 Å². The smallest absolute Gasteiger partial charge is 0.337 e. The normalized spacial score (nSPS) is 12.9. The van der Waals surface area contributed by atoms with Crippen molar-refractivity contribution < 1.29 is 23.9 Å². The van der Waals surface area contributed by atoms with Gasteiger partial charge in [0.05, 0.1) is 18.7 Å². The number of nitriles is 1. The predicted molar refractivity (Wildman–Crippen MR) is 94.8 cm³/mol. The van der Waals surface area contributed by atoms with Crippen LogP contribution in [0.3, 0.4) is 0 Å². The number of ether oxygens (including phenoxy) is 2. The summed E-state index contributed by atoms with van der Waals surface area (Å²) in [5.41, 5.74) is 0.0475. The second-order valence-electron chi connectivity index (χ2n) is 6.07. The molecule has 1 atom stereocenters. The van der Waals surface area contributed by atoms with Gasteiger partial charge in [-0.15, -0.1) is 0 Å². The SMILES string of the molecule is COC(=O)c1ccc(/C=C/C(=O)OCC(=O)N[C@@](C)(C#N)C(C)C)cc1. The van der Waals surface area contributed by atoms with Gasteiger partial charge in [-0.25, -0.2) is 9.59 Å². The number of methoxy groups -OCH3 is 1. The number of nitrogens with one attached hydrogen (secondary N) is 1. The van der Waals surface area contributed by atoms with E-state index in [9.17, 15) is 14.4 Å². The zero-order valence-electron chi connectivity index (χ0n) is 15.2. The third-order valence-electron chi connectivity index (χ3n) is 3.88. The molecular weight excluding hydrogens is 336 g/mol. The van der Waals surface area contributed by atoms with E-state index in [4.69, 9.17) is 10.00 Å². The van der Waals surface area contributed by atoms with Crippen molar-refractivity contribution in [1.82, 2.24) is 5.32 Å². The Labute approximate surface area is 152 Å². The van der Waals surface area contributed by atoms with Crippen molar-refractivity contribution in [2.24, 2.45) is 5.92 Å². The summed E-state index contributed by atoms with van der Waals surface area (Å²) in [4.78, 5) is 34.8. The predicted octanol–water partition coefficient (Wildman–Crippen LogP) is 2.08. The van der Waals surface area contributed by atoms with Crippen LogP contribution in [0, 0.1) is 17.2 Å². The van der Waals surface area contributed by atoms with Gasteiger partial charge in [0, 0.05) is 6.08 Å². The van der Waals surface area contributed by atoms with Crippen LogP contribution in [0.1, 0.15) is 36.7 Å². The van der Waals surface area contributed by atoms with Crippen LogP contribution in [0.25, 0.3) is 6.08 Å². The lowest BCUT2D eigenvalue weighted by molar-refractivity contribution is -0.144. The molecule has 0 aliphatic carbocycles.